The van der Waals surface area contributed by atoms with E-state index in [0.29, 0.717) is 32.8 Å². The molecule has 0 saturated carbocycles. The molecule has 1 fully saturated rings. The van der Waals surface area contributed by atoms with Crippen LogP contribution >= 0.6 is 0 Å². The predicted octanol–water partition coefficient (Wildman–Crippen LogP) is 1.29. The minimum absolute atomic E-state index is 0.0119. The summed E-state index contributed by atoms with van der Waals surface area (Å²) >= 11 is 0. The minimum Gasteiger partial charge on any atom is -0.491 e. The van der Waals surface area contributed by atoms with Crippen molar-refractivity contribution in [3.8, 4) is 5.75 Å². The average molecular weight is 277 g/mol. The van der Waals surface area contributed by atoms with Crippen LogP contribution in [-0.2, 0) is 14.3 Å². The molecule has 0 spiro atoms. The third-order valence-electron chi connectivity index (χ3n) is 4.01. The molecule has 108 valence electrons. The van der Waals surface area contributed by atoms with Gasteiger partial charge in [-0.3, -0.25) is 4.79 Å². The molecule has 1 amide bonds. The standard InChI is InChI=1S/C15H19NO4/c1-18-9-15(6-7-19-10-15)14(17)16-12-8-20-13-5-3-2-4-11(12)13/h2-5,12H,6-10H2,1H3,(H,16,17). The van der Waals surface area contributed by atoms with Crippen LogP contribution in [0.3, 0.4) is 0 Å². The van der Waals surface area contributed by atoms with Crippen molar-refractivity contribution in [2.45, 2.75) is 12.5 Å². The molecule has 3 rings (SSSR count). The van der Waals surface area contributed by atoms with E-state index in [1.807, 2.05) is 24.3 Å². The Morgan fingerprint density at radius 2 is 2.35 bits per heavy atom. The fraction of sp³-hybridized carbons (Fsp3) is 0.533. The van der Waals surface area contributed by atoms with Gasteiger partial charge in [-0.25, -0.2) is 0 Å². The Labute approximate surface area is 118 Å². The predicted molar refractivity (Wildman–Crippen MR) is 72.6 cm³/mol. The van der Waals surface area contributed by atoms with Crippen molar-refractivity contribution in [3.05, 3.63) is 29.8 Å². The van der Waals surface area contributed by atoms with Crippen molar-refractivity contribution in [2.24, 2.45) is 5.41 Å². The van der Waals surface area contributed by atoms with Gasteiger partial charge in [0.2, 0.25) is 5.91 Å². The molecule has 1 aromatic carbocycles. The van der Waals surface area contributed by atoms with Crippen molar-refractivity contribution in [3.63, 3.8) is 0 Å². The largest absolute Gasteiger partial charge is 0.491 e. The van der Waals surface area contributed by atoms with Crippen molar-refractivity contribution in [1.29, 1.82) is 0 Å². The molecule has 5 nitrogen and oxygen atoms in total. The third kappa shape index (κ3) is 2.27. The molecule has 1 aromatic rings. The summed E-state index contributed by atoms with van der Waals surface area (Å²) in [4.78, 5) is 12.6. The van der Waals surface area contributed by atoms with E-state index in [1.165, 1.54) is 0 Å². The van der Waals surface area contributed by atoms with Crippen LogP contribution in [0.15, 0.2) is 24.3 Å². The second kappa shape index (κ2) is 5.42. The average Bonchev–Trinajstić information content (AvgIpc) is 3.08. The van der Waals surface area contributed by atoms with Gasteiger partial charge in [0, 0.05) is 19.3 Å². The van der Waals surface area contributed by atoms with Gasteiger partial charge >= 0.3 is 0 Å². The Bertz CT molecular complexity index is 496. The Balaban J connectivity index is 1.73. The van der Waals surface area contributed by atoms with Gasteiger partial charge in [-0.05, 0) is 12.5 Å². The van der Waals surface area contributed by atoms with Crippen LogP contribution in [0, 0.1) is 5.41 Å². The molecule has 0 aromatic heterocycles. The van der Waals surface area contributed by atoms with Gasteiger partial charge in [-0.2, -0.15) is 0 Å². The van der Waals surface area contributed by atoms with Crippen molar-refractivity contribution in [1.82, 2.24) is 5.32 Å². The number of ether oxygens (including phenoxy) is 3. The van der Waals surface area contributed by atoms with Gasteiger partial charge in [-0.15, -0.1) is 0 Å². The van der Waals surface area contributed by atoms with Crippen molar-refractivity contribution < 1.29 is 19.0 Å². The Hall–Kier alpha value is -1.59. The second-order valence-electron chi connectivity index (χ2n) is 5.39. The van der Waals surface area contributed by atoms with Crippen LogP contribution in [0.5, 0.6) is 5.75 Å². The van der Waals surface area contributed by atoms with Crippen molar-refractivity contribution >= 4 is 5.91 Å². The third-order valence-corrected chi connectivity index (χ3v) is 4.01. The molecular weight excluding hydrogens is 258 g/mol. The summed E-state index contributed by atoms with van der Waals surface area (Å²) in [5.41, 5.74) is 0.471. The van der Waals surface area contributed by atoms with Gasteiger partial charge in [0.15, 0.2) is 0 Å². The quantitative estimate of drug-likeness (QED) is 0.901. The molecule has 2 atom stereocenters. The highest BCUT2D eigenvalue weighted by Crippen LogP contribution is 2.34. The lowest BCUT2D eigenvalue weighted by molar-refractivity contribution is -0.135. The van der Waals surface area contributed by atoms with E-state index in [2.05, 4.69) is 5.32 Å². The molecule has 0 radical (unpaired) electrons. The number of hydrogen-bond donors (Lipinski definition) is 1. The van der Waals surface area contributed by atoms with Gasteiger partial charge in [-0.1, -0.05) is 18.2 Å². The number of methoxy groups -OCH3 is 1. The van der Waals surface area contributed by atoms with Crippen molar-refractivity contribution in [2.75, 3.05) is 33.5 Å². The number of para-hydroxylation sites is 1. The molecule has 5 heteroatoms. The molecule has 2 unspecified atom stereocenters. The topological polar surface area (TPSA) is 56.8 Å². The summed E-state index contributed by atoms with van der Waals surface area (Å²) in [5.74, 6) is 0.836. The normalized spacial score (nSPS) is 27.9. The van der Waals surface area contributed by atoms with Crippen LogP contribution in [0.4, 0.5) is 0 Å². The summed E-state index contributed by atoms with van der Waals surface area (Å²) < 4.78 is 16.2. The monoisotopic (exact) mass is 277 g/mol. The number of nitrogens with one attached hydrogen (secondary N) is 1. The number of carbonyl (C=O) groups excluding carboxylic acids is 1. The number of amides is 1. The molecule has 2 heterocycles. The fourth-order valence-electron chi connectivity index (χ4n) is 2.84. The summed E-state index contributed by atoms with van der Waals surface area (Å²) in [6, 6.07) is 7.70. The molecule has 0 bridgehead atoms. The van der Waals surface area contributed by atoms with E-state index in [1.54, 1.807) is 7.11 Å². The number of benzene rings is 1. The van der Waals surface area contributed by atoms with Crippen LogP contribution in [0.25, 0.3) is 0 Å². The van der Waals surface area contributed by atoms with Crippen LogP contribution < -0.4 is 10.1 Å². The maximum atomic E-state index is 12.6. The summed E-state index contributed by atoms with van der Waals surface area (Å²) in [6.45, 7) is 1.89. The van der Waals surface area contributed by atoms with Gasteiger partial charge < -0.3 is 19.5 Å². The molecular formula is C15H19NO4. The molecule has 2 aliphatic heterocycles. The fourth-order valence-corrected chi connectivity index (χ4v) is 2.84. The first-order valence-electron chi connectivity index (χ1n) is 6.84. The lowest BCUT2D eigenvalue weighted by atomic mass is 9.86. The Morgan fingerprint density at radius 3 is 3.10 bits per heavy atom. The zero-order valence-electron chi connectivity index (χ0n) is 11.6. The second-order valence-corrected chi connectivity index (χ2v) is 5.39. The minimum atomic E-state index is -0.563. The Kier molecular flexibility index (Phi) is 3.63. The van der Waals surface area contributed by atoms with E-state index < -0.39 is 5.41 Å². The first-order chi connectivity index (χ1) is 9.75. The number of fused-ring (bicyclic) bond motifs is 1. The zero-order valence-corrected chi connectivity index (χ0v) is 11.6. The highest BCUT2D eigenvalue weighted by Gasteiger charge is 2.43. The van der Waals surface area contributed by atoms with E-state index in [0.717, 1.165) is 11.3 Å². The molecule has 20 heavy (non-hydrogen) atoms. The molecule has 2 aliphatic rings. The highest BCUT2D eigenvalue weighted by molar-refractivity contribution is 5.84. The summed E-state index contributed by atoms with van der Waals surface area (Å²) in [5, 5.41) is 3.08. The zero-order chi connectivity index (χ0) is 14.0. The lowest BCUT2D eigenvalue weighted by Gasteiger charge is -2.26. The van der Waals surface area contributed by atoms with Crippen LogP contribution in [0.1, 0.15) is 18.0 Å². The Morgan fingerprint density at radius 1 is 1.50 bits per heavy atom. The molecule has 0 aliphatic carbocycles. The van der Waals surface area contributed by atoms with E-state index >= 15 is 0 Å². The summed E-state index contributed by atoms with van der Waals surface area (Å²) in [6.07, 6.45) is 0.696. The smallest absolute Gasteiger partial charge is 0.231 e. The number of rotatable bonds is 4. The molecule has 1 N–H and O–H groups in total. The van der Waals surface area contributed by atoms with Crippen LogP contribution in [0.2, 0.25) is 0 Å². The summed E-state index contributed by atoms with van der Waals surface area (Å²) in [7, 11) is 1.61. The number of hydrogen-bond acceptors (Lipinski definition) is 4. The van der Waals surface area contributed by atoms with Crippen LogP contribution in [-0.4, -0.2) is 39.4 Å². The maximum Gasteiger partial charge on any atom is 0.231 e. The van der Waals surface area contributed by atoms with Gasteiger partial charge in [0.05, 0.1) is 24.7 Å². The highest BCUT2D eigenvalue weighted by atomic mass is 16.5. The van der Waals surface area contributed by atoms with Gasteiger partial charge in [0.1, 0.15) is 12.4 Å². The van der Waals surface area contributed by atoms with E-state index in [4.69, 9.17) is 14.2 Å². The number of carbonyl (C=O) groups is 1. The molecule has 1 saturated heterocycles. The van der Waals surface area contributed by atoms with E-state index in [9.17, 15) is 4.79 Å². The first kappa shape index (κ1) is 13.4. The SMILES string of the molecule is COCC1(C(=O)NC2COc3ccccc32)CCOC1. The first-order valence-corrected chi connectivity index (χ1v) is 6.84. The van der Waals surface area contributed by atoms with Gasteiger partial charge in [0.25, 0.3) is 0 Å². The lowest BCUT2D eigenvalue weighted by Crippen LogP contribution is -2.46. The van der Waals surface area contributed by atoms with E-state index in [-0.39, 0.29) is 11.9 Å². The maximum absolute atomic E-state index is 12.6.